The summed E-state index contributed by atoms with van der Waals surface area (Å²) < 4.78 is 13.3. The van der Waals surface area contributed by atoms with Gasteiger partial charge in [0.1, 0.15) is 5.82 Å². The molecule has 18 heavy (non-hydrogen) atoms. The van der Waals surface area contributed by atoms with E-state index in [0.717, 1.165) is 16.7 Å². The number of rotatable bonds is 2. The Morgan fingerprint density at radius 3 is 2.39 bits per heavy atom. The van der Waals surface area contributed by atoms with E-state index in [1.165, 1.54) is 19.1 Å². The summed E-state index contributed by atoms with van der Waals surface area (Å²) in [7, 11) is 0. The summed E-state index contributed by atoms with van der Waals surface area (Å²) in [5, 5.41) is 0.391. The predicted octanol–water partition coefficient (Wildman–Crippen LogP) is 4.66. The van der Waals surface area contributed by atoms with Crippen LogP contribution >= 0.6 is 11.6 Å². The average Bonchev–Trinajstić information content (AvgIpc) is 2.26. The fourth-order valence-electron chi connectivity index (χ4n) is 1.88. The van der Waals surface area contributed by atoms with Gasteiger partial charge in [0.15, 0.2) is 5.78 Å². The summed E-state index contributed by atoms with van der Waals surface area (Å²) in [6.45, 7) is 3.30. The molecule has 0 radical (unpaired) electrons. The molecule has 0 aliphatic heterocycles. The first kappa shape index (κ1) is 12.8. The third kappa shape index (κ3) is 2.59. The largest absolute Gasteiger partial charge is 0.294 e. The minimum absolute atomic E-state index is 0.0815. The first-order chi connectivity index (χ1) is 8.47. The van der Waals surface area contributed by atoms with Gasteiger partial charge in [0.2, 0.25) is 0 Å². The first-order valence-electron chi connectivity index (χ1n) is 5.55. The van der Waals surface area contributed by atoms with Crippen molar-refractivity contribution in [3.8, 4) is 11.1 Å². The highest BCUT2D eigenvalue weighted by Crippen LogP contribution is 2.27. The molecule has 0 bridgehead atoms. The van der Waals surface area contributed by atoms with Crippen LogP contribution in [0.15, 0.2) is 36.4 Å². The van der Waals surface area contributed by atoms with Gasteiger partial charge in [-0.05, 0) is 54.8 Å². The van der Waals surface area contributed by atoms with Crippen molar-refractivity contribution in [1.29, 1.82) is 0 Å². The summed E-state index contributed by atoms with van der Waals surface area (Å²) >= 11 is 6.04. The fraction of sp³-hybridized carbons (Fsp3) is 0.133. The highest BCUT2D eigenvalue weighted by Gasteiger charge is 2.08. The molecule has 0 spiro atoms. The van der Waals surface area contributed by atoms with Crippen molar-refractivity contribution in [2.75, 3.05) is 0 Å². The summed E-state index contributed by atoms with van der Waals surface area (Å²) in [6.07, 6.45) is 0. The molecule has 2 rings (SSSR count). The monoisotopic (exact) mass is 262 g/mol. The highest BCUT2D eigenvalue weighted by molar-refractivity contribution is 6.34. The second kappa shape index (κ2) is 4.91. The van der Waals surface area contributed by atoms with Crippen molar-refractivity contribution < 1.29 is 9.18 Å². The molecule has 0 unspecified atom stereocenters. The van der Waals surface area contributed by atoms with Crippen molar-refractivity contribution in [3.63, 3.8) is 0 Å². The summed E-state index contributed by atoms with van der Waals surface area (Å²) in [5.74, 6) is -0.362. The summed E-state index contributed by atoms with van der Waals surface area (Å²) in [4.78, 5) is 11.3. The zero-order valence-corrected chi connectivity index (χ0v) is 10.9. The van der Waals surface area contributed by atoms with Gasteiger partial charge >= 0.3 is 0 Å². The van der Waals surface area contributed by atoms with Gasteiger partial charge in [-0.1, -0.05) is 23.7 Å². The van der Waals surface area contributed by atoms with Crippen LogP contribution in [-0.2, 0) is 0 Å². The van der Waals surface area contributed by atoms with Crippen LogP contribution in [-0.4, -0.2) is 5.78 Å². The van der Waals surface area contributed by atoms with E-state index in [9.17, 15) is 9.18 Å². The minimum Gasteiger partial charge on any atom is -0.294 e. The molecular weight excluding hydrogens is 251 g/mol. The number of hydrogen-bond acceptors (Lipinski definition) is 1. The average molecular weight is 263 g/mol. The van der Waals surface area contributed by atoms with E-state index in [-0.39, 0.29) is 11.6 Å². The van der Waals surface area contributed by atoms with E-state index in [0.29, 0.717) is 10.6 Å². The Morgan fingerprint density at radius 1 is 1.11 bits per heavy atom. The van der Waals surface area contributed by atoms with E-state index in [2.05, 4.69) is 0 Å². The lowest BCUT2D eigenvalue weighted by Gasteiger charge is -2.06. The molecule has 0 amide bonds. The Balaban J connectivity index is 2.52. The van der Waals surface area contributed by atoms with Crippen molar-refractivity contribution >= 4 is 17.4 Å². The van der Waals surface area contributed by atoms with Gasteiger partial charge in [-0.25, -0.2) is 4.39 Å². The number of aryl methyl sites for hydroxylation is 1. The topological polar surface area (TPSA) is 17.1 Å². The third-order valence-electron chi connectivity index (χ3n) is 2.72. The smallest absolute Gasteiger partial charge is 0.161 e. The molecule has 92 valence electrons. The van der Waals surface area contributed by atoms with Crippen LogP contribution in [0.1, 0.15) is 22.8 Å². The van der Waals surface area contributed by atoms with Crippen molar-refractivity contribution in [2.24, 2.45) is 0 Å². The molecule has 0 aliphatic rings. The molecule has 3 heteroatoms. The number of halogens is 2. The van der Waals surface area contributed by atoms with Gasteiger partial charge in [0.05, 0.1) is 5.02 Å². The molecule has 0 aliphatic carbocycles. The van der Waals surface area contributed by atoms with E-state index < -0.39 is 0 Å². The number of Topliss-reactive ketones (excluding diaryl/α,β-unsaturated/α-hetero) is 1. The quantitative estimate of drug-likeness (QED) is 0.720. The second-order valence-corrected chi connectivity index (χ2v) is 4.68. The Morgan fingerprint density at radius 2 is 1.83 bits per heavy atom. The second-order valence-electron chi connectivity index (χ2n) is 4.27. The lowest BCUT2D eigenvalue weighted by molar-refractivity contribution is 0.101. The van der Waals surface area contributed by atoms with Crippen LogP contribution in [0.4, 0.5) is 4.39 Å². The zero-order chi connectivity index (χ0) is 13.3. The summed E-state index contributed by atoms with van der Waals surface area (Å²) in [6, 6.07) is 9.92. The van der Waals surface area contributed by atoms with Gasteiger partial charge in [-0.15, -0.1) is 0 Å². The highest BCUT2D eigenvalue weighted by atomic mass is 35.5. The lowest BCUT2D eigenvalue weighted by atomic mass is 10.0. The molecule has 0 saturated carbocycles. The van der Waals surface area contributed by atoms with Gasteiger partial charge in [0, 0.05) is 5.56 Å². The van der Waals surface area contributed by atoms with Crippen LogP contribution in [0.3, 0.4) is 0 Å². The molecule has 2 aromatic rings. The van der Waals surface area contributed by atoms with Crippen molar-refractivity contribution in [3.05, 3.63) is 58.4 Å². The molecular formula is C15H12ClFO. The Labute approximate surface area is 110 Å². The van der Waals surface area contributed by atoms with Crippen molar-refractivity contribution in [2.45, 2.75) is 13.8 Å². The first-order valence-corrected chi connectivity index (χ1v) is 5.93. The fourth-order valence-corrected chi connectivity index (χ4v) is 2.20. The number of carbonyl (C=O) groups is 1. The van der Waals surface area contributed by atoms with Crippen LogP contribution < -0.4 is 0 Å². The van der Waals surface area contributed by atoms with E-state index in [1.54, 1.807) is 18.2 Å². The molecule has 0 heterocycles. The molecule has 1 nitrogen and oxygen atoms in total. The molecule has 0 N–H and O–H groups in total. The molecule has 0 atom stereocenters. The molecule has 2 aromatic carbocycles. The van der Waals surface area contributed by atoms with Crippen molar-refractivity contribution in [1.82, 2.24) is 0 Å². The van der Waals surface area contributed by atoms with Gasteiger partial charge in [0.25, 0.3) is 0 Å². The van der Waals surface area contributed by atoms with Crippen LogP contribution in [0, 0.1) is 12.7 Å². The maximum Gasteiger partial charge on any atom is 0.161 e. The minimum atomic E-state index is -0.281. The van der Waals surface area contributed by atoms with Crippen LogP contribution in [0.25, 0.3) is 11.1 Å². The van der Waals surface area contributed by atoms with Crippen LogP contribution in [0.2, 0.25) is 5.02 Å². The number of benzene rings is 2. The molecule has 0 fully saturated rings. The lowest BCUT2D eigenvalue weighted by Crippen LogP contribution is -1.93. The number of hydrogen-bond donors (Lipinski definition) is 0. The Hall–Kier alpha value is -1.67. The van der Waals surface area contributed by atoms with Crippen LogP contribution in [0.5, 0.6) is 0 Å². The zero-order valence-electron chi connectivity index (χ0n) is 10.1. The Kier molecular flexibility index (Phi) is 3.48. The Bertz CT molecular complexity index is 600. The van der Waals surface area contributed by atoms with Gasteiger partial charge < -0.3 is 0 Å². The predicted molar refractivity (Wildman–Crippen MR) is 71.6 cm³/mol. The number of carbonyl (C=O) groups excluding carboxylic acids is 1. The SMILES string of the molecule is CC(=O)c1ccc(-c2cc(C)cc(F)c2)cc1Cl. The molecule has 0 saturated heterocycles. The van der Waals surface area contributed by atoms with E-state index >= 15 is 0 Å². The van der Waals surface area contributed by atoms with Gasteiger partial charge in [-0.2, -0.15) is 0 Å². The number of ketones is 1. The third-order valence-corrected chi connectivity index (χ3v) is 3.04. The van der Waals surface area contributed by atoms with Gasteiger partial charge in [-0.3, -0.25) is 4.79 Å². The molecule has 0 aromatic heterocycles. The van der Waals surface area contributed by atoms with E-state index in [4.69, 9.17) is 11.6 Å². The maximum atomic E-state index is 13.3. The standard InChI is InChI=1S/C15H12ClFO/c1-9-5-12(7-13(17)6-9)11-3-4-14(10(2)18)15(16)8-11/h3-8H,1-2H3. The normalized spacial score (nSPS) is 10.4. The maximum absolute atomic E-state index is 13.3. The van der Waals surface area contributed by atoms with E-state index in [1.807, 2.05) is 13.0 Å². The summed E-state index contributed by atoms with van der Waals surface area (Å²) in [5.41, 5.74) is 2.88.